The highest BCUT2D eigenvalue weighted by atomic mass is 19.1. The van der Waals surface area contributed by atoms with Crippen LogP contribution in [-0.2, 0) is 23.2 Å². The third-order valence-corrected chi connectivity index (χ3v) is 8.70. The third-order valence-electron chi connectivity index (χ3n) is 8.70. The number of benzene rings is 2. The van der Waals surface area contributed by atoms with Crippen LogP contribution in [0.2, 0.25) is 0 Å². The summed E-state index contributed by atoms with van der Waals surface area (Å²) in [6, 6.07) is 13.9. The van der Waals surface area contributed by atoms with Crippen LogP contribution in [0.5, 0.6) is 11.6 Å². The van der Waals surface area contributed by atoms with E-state index in [4.69, 9.17) is 9.47 Å². The topological polar surface area (TPSA) is 68.7 Å². The van der Waals surface area contributed by atoms with E-state index < -0.39 is 5.97 Å². The Balaban J connectivity index is 1.46. The normalized spacial score (nSPS) is 21.8. The Morgan fingerprint density at radius 2 is 1.92 bits per heavy atom. The van der Waals surface area contributed by atoms with Gasteiger partial charge in [-0.2, -0.15) is 0 Å². The van der Waals surface area contributed by atoms with Crippen LogP contribution in [0.1, 0.15) is 81.0 Å². The monoisotopic (exact) mass is 517 g/mol. The van der Waals surface area contributed by atoms with Gasteiger partial charge in [-0.1, -0.05) is 51.5 Å². The lowest BCUT2D eigenvalue weighted by atomic mass is 9.75. The van der Waals surface area contributed by atoms with Crippen molar-refractivity contribution in [2.45, 2.75) is 77.2 Å². The molecule has 5 nitrogen and oxygen atoms in total. The molecule has 38 heavy (non-hydrogen) atoms. The number of methoxy groups -OCH3 is 1. The number of ether oxygens (including phenoxy) is 2. The minimum absolute atomic E-state index is 0.108. The Kier molecular flexibility index (Phi) is 6.93. The molecule has 0 aliphatic heterocycles. The molecular weight excluding hydrogens is 481 g/mol. The maximum atomic E-state index is 15.0. The van der Waals surface area contributed by atoms with E-state index in [9.17, 15) is 14.3 Å². The highest BCUT2D eigenvalue weighted by Gasteiger charge is 2.38. The van der Waals surface area contributed by atoms with Gasteiger partial charge in [-0.3, -0.25) is 4.79 Å². The molecule has 0 bridgehead atoms. The van der Waals surface area contributed by atoms with E-state index >= 15 is 0 Å². The molecule has 1 N–H and O–H groups in total. The largest absolute Gasteiger partial charge is 0.489 e. The number of aryl methyl sites for hydroxylation is 1. The van der Waals surface area contributed by atoms with Crippen molar-refractivity contribution in [1.29, 1.82) is 0 Å². The summed E-state index contributed by atoms with van der Waals surface area (Å²) in [6.07, 6.45) is 6.38. The number of aromatic nitrogens is 1. The number of hydrogen-bond acceptors (Lipinski definition) is 4. The van der Waals surface area contributed by atoms with Gasteiger partial charge in [0.1, 0.15) is 18.2 Å². The quantitative estimate of drug-likeness (QED) is 0.336. The van der Waals surface area contributed by atoms with E-state index in [0.29, 0.717) is 24.0 Å². The molecule has 2 aliphatic rings. The predicted octanol–water partition coefficient (Wildman–Crippen LogP) is 7.45. The summed E-state index contributed by atoms with van der Waals surface area (Å²) in [5, 5.41) is 9.42. The molecule has 0 unspecified atom stereocenters. The van der Waals surface area contributed by atoms with Crippen molar-refractivity contribution in [3.63, 3.8) is 0 Å². The fraction of sp³-hybridized carbons (Fsp3) is 0.438. The molecule has 0 spiro atoms. The molecule has 1 saturated carbocycles. The Labute approximate surface area is 224 Å². The molecule has 200 valence electrons. The number of aliphatic carboxylic acids is 1. The molecular formula is C32H36FNO4. The smallest absolute Gasteiger partial charge is 0.304 e. The lowest BCUT2D eigenvalue weighted by Gasteiger charge is -2.30. The molecule has 1 aromatic heterocycles. The number of fused-ring (bicyclic) bond motifs is 1. The van der Waals surface area contributed by atoms with Gasteiger partial charge in [0.2, 0.25) is 5.88 Å². The van der Waals surface area contributed by atoms with Crippen LogP contribution >= 0.6 is 0 Å². The Hall–Kier alpha value is -3.41. The number of pyridine rings is 1. The molecule has 3 aromatic rings. The number of carbonyl (C=O) groups is 1. The average molecular weight is 518 g/mol. The van der Waals surface area contributed by atoms with Crippen molar-refractivity contribution in [2.24, 2.45) is 5.41 Å². The summed E-state index contributed by atoms with van der Waals surface area (Å²) >= 11 is 0. The van der Waals surface area contributed by atoms with Crippen molar-refractivity contribution in [3.05, 3.63) is 76.7 Å². The second kappa shape index (κ2) is 10.0. The first-order chi connectivity index (χ1) is 18.1. The minimum atomic E-state index is -0.780. The van der Waals surface area contributed by atoms with E-state index in [1.165, 1.54) is 18.9 Å². The Bertz CT molecular complexity index is 1370. The van der Waals surface area contributed by atoms with Crippen LogP contribution in [0.25, 0.3) is 11.1 Å². The summed E-state index contributed by atoms with van der Waals surface area (Å²) in [4.78, 5) is 15.5. The van der Waals surface area contributed by atoms with Gasteiger partial charge in [-0.25, -0.2) is 9.37 Å². The van der Waals surface area contributed by atoms with E-state index in [1.807, 2.05) is 31.2 Å². The first-order valence-corrected chi connectivity index (χ1v) is 13.4. The maximum Gasteiger partial charge on any atom is 0.304 e. The zero-order valence-electron chi connectivity index (χ0n) is 22.6. The fourth-order valence-electron chi connectivity index (χ4n) is 6.53. The third kappa shape index (κ3) is 5.01. The van der Waals surface area contributed by atoms with E-state index in [-0.39, 0.29) is 23.1 Å². The molecule has 0 saturated heterocycles. The van der Waals surface area contributed by atoms with Gasteiger partial charge in [-0.05, 0) is 77.0 Å². The highest BCUT2D eigenvalue weighted by molar-refractivity contribution is 5.71. The summed E-state index contributed by atoms with van der Waals surface area (Å²) in [5.41, 5.74) is 5.52. The molecule has 2 atom stereocenters. The van der Waals surface area contributed by atoms with Gasteiger partial charge in [0.25, 0.3) is 0 Å². The predicted molar refractivity (Wildman–Crippen MR) is 145 cm³/mol. The summed E-state index contributed by atoms with van der Waals surface area (Å²) in [7, 11) is 1.54. The number of halogens is 1. The van der Waals surface area contributed by atoms with Gasteiger partial charge in [0.15, 0.2) is 0 Å². The molecule has 1 fully saturated rings. The van der Waals surface area contributed by atoms with Gasteiger partial charge >= 0.3 is 5.97 Å². The number of hydrogen-bond donors (Lipinski definition) is 1. The SMILES string of the molecule is COc1cc(-c2ccc(COc3ccc4c(c3)[C@@](C)(CC(=O)O)CC4)cc2[C@@H]2CCCC2(C)C)c(F)cn1. The Morgan fingerprint density at radius 1 is 1.11 bits per heavy atom. The lowest BCUT2D eigenvalue weighted by Crippen LogP contribution is -2.22. The van der Waals surface area contributed by atoms with Crippen molar-refractivity contribution >= 4 is 5.97 Å². The standard InChI is InChI=1S/C32H36FNO4/c1-31(2)12-5-6-26(31)24-14-20(7-10-23(24)25-16-29(37-4)34-18-28(25)33)19-38-22-9-8-21-11-13-32(3,17-30(35)36)27(21)15-22/h7-10,14-16,18,26H,5-6,11-13,17,19H2,1-4H3,(H,35,36)/t26-,32+/m0/s1. The second-order valence-corrected chi connectivity index (χ2v) is 11.8. The minimum Gasteiger partial charge on any atom is -0.489 e. The van der Waals surface area contributed by atoms with Crippen LogP contribution in [0.4, 0.5) is 4.39 Å². The summed E-state index contributed by atoms with van der Waals surface area (Å²) in [6.45, 7) is 6.98. The van der Waals surface area contributed by atoms with E-state index in [2.05, 4.69) is 31.0 Å². The molecule has 6 heteroatoms. The number of rotatable bonds is 8. The molecule has 0 radical (unpaired) electrons. The zero-order chi connectivity index (χ0) is 27.1. The molecule has 5 rings (SSSR count). The summed E-state index contributed by atoms with van der Waals surface area (Å²) < 4.78 is 26.5. The lowest BCUT2D eigenvalue weighted by molar-refractivity contribution is -0.138. The number of nitrogens with zero attached hydrogens (tertiary/aromatic N) is 1. The molecule has 2 aliphatic carbocycles. The molecule has 1 heterocycles. The number of carboxylic acids is 1. The first kappa shape index (κ1) is 26.2. The van der Waals surface area contributed by atoms with Crippen LogP contribution in [0.3, 0.4) is 0 Å². The van der Waals surface area contributed by atoms with Crippen molar-refractivity contribution in [2.75, 3.05) is 7.11 Å². The fourth-order valence-corrected chi connectivity index (χ4v) is 6.53. The molecule has 2 aromatic carbocycles. The Morgan fingerprint density at radius 3 is 2.63 bits per heavy atom. The van der Waals surface area contributed by atoms with E-state index in [1.54, 1.807) is 6.07 Å². The van der Waals surface area contributed by atoms with Gasteiger partial charge < -0.3 is 14.6 Å². The first-order valence-electron chi connectivity index (χ1n) is 13.4. The van der Waals surface area contributed by atoms with Gasteiger partial charge in [0, 0.05) is 17.0 Å². The second-order valence-electron chi connectivity index (χ2n) is 11.8. The highest BCUT2D eigenvalue weighted by Crippen LogP contribution is 2.51. The molecule has 0 amide bonds. The maximum absolute atomic E-state index is 15.0. The van der Waals surface area contributed by atoms with Crippen LogP contribution in [-0.4, -0.2) is 23.2 Å². The average Bonchev–Trinajstić information content (AvgIpc) is 3.40. The zero-order valence-corrected chi connectivity index (χ0v) is 22.6. The van der Waals surface area contributed by atoms with E-state index in [0.717, 1.165) is 60.1 Å². The van der Waals surface area contributed by atoms with Crippen molar-refractivity contribution < 1.29 is 23.8 Å². The number of carboxylic acid groups (broad SMARTS) is 1. The van der Waals surface area contributed by atoms with Crippen molar-refractivity contribution in [3.8, 4) is 22.8 Å². The van der Waals surface area contributed by atoms with Crippen LogP contribution in [0.15, 0.2) is 48.7 Å². The summed E-state index contributed by atoms with van der Waals surface area (Å²) in [5.74, 6) is 0.274. The van der Waals surface area contributed by atoms with Gasteiger partial charge in [-0.15, -0.1) is 0 Å². The van der Waals surface area contributed by atoms with Crippen LogP contribution in [0, 0.1) is 11.2 Å². The van der Waals surface area contributed by atoms with Crippen LogP contribution < -0.4 is 9.47 Å². The van der Waals surface area contributed by atoms with Crippen molar-refractivity contribution in [1.82, 2.24) is 4.98 Å². The van der Waals surface area contributed by atoms with Gasteiger partial charge in [0.05, 0.1) is 19.7 Å².